The molecule has 2 unspecified atom stereocenters. The second kappa shape index (κ2) is 13.0. The standard InChI is InChI=1S/C20H34N4O2.HI/c1-15-6-4-7-17(14-15)8-12-24-20(21-3)23-11-5-10-22-19(25)18-16(2)9-13-26-18;/h9,13,15,17H,4-8,10-12,14H2,1-3H3,(H,22,25)(H2,21,23,24);1H. The summed E-state index contributed by atoms with van der Waals surface area (Å²) in [4.78, 5) is 16.2. The number of furan rings is 1. The van der Waals surface area contributed by atoms with Crippen molar-refractivity contribution in [2.24, 2.45) is 16.8 Å². The van der Waals surface area contributed by atoms with Crippen molar-refractivity contribution < 1.29 is 9.21 Å². The van der Waals surface area contributed by atoms with E-state index in [1.165, 1.54) is 38.4 Å². The second-order valence-corrected chi connectivity index (χ2v) is 7.39. The molecule has 1 aromatic rings. The van der Waals surface area contributed by atoms with Gasteiger partial charge in [-0.25, -0.2) is 0 Å². The Kier molecular flexibility index (Phi) is 11.5. The first kappa shape index (κ1) is 23.8. The van der Waals surface area contributed by atoms with E-state index in [0.29, 0.717) is 12.3 Å². The molecular weight excluding hydrogens is 455 g/mol. The van der Waals surface area contributed by atoms with E-state index in [1.54, 1.807) is 13.1 Å². The number of carbonyl (C=O) groups is 1. The van der Waals surface area contributed by atoms with Gasteiger partial charge in [0.15, 0.2) is 11.7 Å². The molecule has 1 heterocycles. The van der Waals surface area contributed by atoms with Crippen LogP contribution < -0.4 is 16.0 Å². The van der Waals surface area contributed by atoms with Crippen molar-refractivity contribution in [1.29, 1.82) is 0 Å². The topological polar surface area (TPSA) is 78.7 Å². The molecule has 154 valence electrons. The molecule has 2 rings (SSSR count). The number of aryl methyl sites for hydroxylation is 1. The Morgan fingerprint density at radius 3 is 2.63 bits per heavy atom. The van der Waals surface area contributed by atoms with Gasteiger partial charge in [0.2, 0.25) is 0 Å². The Labute approximate surface area is 180 Å². The van der Waals surface area contributed by atoms with Crippen LogP contribution in [-0.4, -0.2) is 38.5 Å². The highest BCUT2D eigenvalue weighted by atomic mass is 127. The van der Waals surface area contributed by atoms with Gasteiger partial charge in [-0.05, 0) is 44.1 Å². The number of guanidine groups is 1. The molecule has 1 aliphatic carbocycles. The summed E-state index contributed by atoms with van der Waals surface area (Å²) < 4.78 is 5.18. The number of rotatable bonds is 8. The largest absolute Gasteiger partial charge is 0.459 e. The van der Waals surface area contributed by atoms with E-state index >= 15 is 0 Å². The number of nitrogens with one attached hydrogen (secondary N) is 3. The summed E-state index contributed by atoms with van der Waals surface area (Å²) in [5.74, 6) is 2.81. The van der Waals surface area contributed by atoms with Crippen molar-refractivity contribution in [3.8, 4) is 0 Å². The Hall–Kier alpha value is -1.25. The lowest BCUT2D eigenvalue weighted by Crippen LogP contribution is -2.39. The first-order valence-corrected chi connectivity index (χ1v) is 9.87. The van der Waals surface area contributed by atoms with E-state index in [-0.39, 0.29) is 29.9 Å². The van der Waals surface area contributed by atoms with Gasteiger partial charge in [0.05, 0.1) is 6.26 Å². The lowest BCUT2D eigenvalue weighted by atomic mass is 9.81. The van der Waals surface area contributed by atoms with Crippen LogP contribution in [0.1, 0.15) is 61.6 Å². The smallest absolute Gasteiger partial charge is 0.287 e. The highest BCUT2D eigenvalue weighted by Crippen LogP contribution is 2.30. The molecule has 7 heteroatoms. The van der Waals surface area contributed by atoms with Gasteiger partial charge in [0.25, 0.3) is 5.91 Å². The van der Waals surface area contributed by atoms with Crippen LogP contribution in [0.15, 0.2) is 21.7 Å². The van der Waals surface area contributed by atoms with Gasteiger partial charge in [-0.3, -0.25) is 9.79 Å². The molecule has 2 atom stereocenters. The van der Waals surface area contributed by atoms with Gasteiger partial charge in [-0.2, -0.15) is 0 Å². The molecule has 1 saturated carbocycles. The number of amides is 1. The molecule has 6 nitrogen and oxygen atoms in total. The number of halogens is 1. The first-order chi connectivity index (χ1) is 12.6. The van der Waals surface area contributed by atoms with Crippen molar-refractivity contribution in [1.82, 2.24) is 16.0 Å². The zero-order chi connectivity index (χ0) is 18.8. The van der Waals surface area contributed by atoms with Crippen LogP contribution in [0.25, 0.3) is 0 Å². The van der Waals surface area contributed by atoms with Crippen molar-refractivity contribution in [3.63, 3.8) is 0 Å². The second-order valence-electron chi connectivity index (χ2n) is 7.39. The molecule has 0 aliphatic heterocycles. The summed E-state index contributed by atoms with van der Waals surface area (Å²) >= 11 is 0. The third-order valence-electron chi connectivity index (χ3n) is 5.11. The molecule has 1 aromatic heterocycles. The highest BCUT2D eigenvalue weighted by Gasteiger charge is 2.18. The van der Waals surface area contributed by atoms with Crippen LogP contribution >= 0.6 is 24.0 Å². The number of hydrogen-bond donors (Lipinski definition) is 3. The third kappa shape index (κ3) is 8.53. The maximum absolute atomic E-state index is 11.9. The normalized spacial score (nSPS) is 19.9. The molecule has 3 N–H and O–H groups in total. The first-order valence-electron chi connectivity index (χ1n) is 9.87. The van der Waals surface area contributed by atoms with Crippen LogP contribution in [0.2, 0.25) is 0 Å². The third-order valence-corrected chi connectivity index (χ3v) is 5.11. The number of carbonyl (C=O) groups excluding carboxylic acids is 1. The number of hydrogen-bond acceptors (Lipinski definition) is 3. The predicted octanol–water partition coefficient (Wildman–Crippen LogP) is 3.71. The van der Waals surface area contributed by atoms with E-state index in [4.69, 9.17) is 4.42 Å². The lowest BCUT2D eigenvalue weighted by Gasteiger charge is -2.26. The van der Waals surface area contributed by atoms with Gasteiger partial charge in [0, 0.05) is 32.2 Å². The monoisotopic (exact) mass is 490 g/mol. The molecule has 0 aromatic carbocycles. The summed E-state index contributed by atoms with van der Waals surface area (Å²) in [6.45, 7) is 6.56. The Balaban J connectivity index is 0.00000364. The summed E-state index contributed by atoms with van der Waals surface area (Å²) in [7, 11) is 1.79. The average Bonchev–Trinajstić information content (AvgIpc) is 3.06. The Morgan fingerprint density at radius 2 is 1.96 bits per heavy atom. The fourth-order valence-corrected chi connectivity index (χ4v) is 3.62. The van der Waals surface area contributed by atoms with E-state index in [0.717, 1.165) is 42.9 Å². The van der Waals surface area contributed by atoms with Crippen molar-refractivity contribution in [3.05, 3.63) is 23.7 Å². The summed E-state index contributed by atoms with van der Waals surface area (Å²) in [6, 6.07) is 1.79. The summed E-state index contributed by atoms with van der Waals surface area (Å²) in [5, 5.41) is 9.57. The summed E-state index contributed by atoms with van der Waals surface area (Å²) in [6.07, 6.45) is 9.08. The highest BCUT2D eigenvalue weighted by molar-refractivity contribution is 14.0. The molecule has 27 heavy (non-hydrogen) atoms. The van der Waals surface area contributed by atoms with Crippen molar-refractivity contribution in [2.45, 2.75) is 52.4 Å². The van der Waals surface area contributed by atoms with E-state index in [1.807, 2.05) is 6.92 Å². The van der Waals surface area contributed by atoms with Crippen LogP contribution in [0.4, 0.5) is 0 Å². The molecule has 1 amide bonds. The maximum Gasteiger partial charge on any atom is 0.287 e. The van der Waals surface area contributed by atoms with E-state index in [9.17, 15) is 4.79 Å². The predicted molar refractivity (Wildman–Crippen MR) is 121 cm³/mol. The quantitative estimate of drug-likeness (QED) is 0.225. The van der Waals surface area contributed by atoms with Crippen molar-refractivity contribution in [2.75, 3.05) is 26.7 Å². The SMILES string of the molecule is CN=C(NCCCNC(=O)c1occc1C)NCCC1CCCC(C)C1.I. The van der Waals surface area contributed by atoms with E-state index < -0.39 is 0 Å². The average molecular weight is 490 g/mol. The van der Waals surface area contributed by atoms with Gasteiger partial charge in [-0.15, -0.1) is 24.0 Å². The van der Waals surface area contributed by atoms with Crippen LogP contribution in [-0.2, 0) is 0 Å². The fraction of sp³-hybridized carbons (Fsp3) is 0.700. The zero-order valence-corrected chi connectivity index (χ0v) is 19.2. The van der Waals surface area contributed by atoms with Crippen LogP contribution in [0.5, 0.6) is 0 Å². The van der Waals surface area contributed by atoms with Crippen LogP contribution in [0.3, 0.4) is 0 Å². The zero-order valence-electron chi connectivity index (χ0n) is 16.8. The molecule has 0 spiro atoms. The van der Waals surface area contributed by atoms with Gasteiger partial charge in [-0.1, -0.05) is 26.2 Å². The van der Waals surface area contributed by atoms with Crippen molar-refractivity contribution >= 4 is 35.8 Å². The summed E-state index contributed by atoms with van der Waals surface area (Å²) in [5.41, 5.74) is 0.859. The lowest BCUT2D eigenvalue weighted by molar-refractivity contribution is 0.0925. The molecule has 1 aliphatic rings. The molecule has 0 saturated heterocycles. The Morgan fingerprint density at radius 1 is 1.22 bits per heavy atom. The minimum absolute atomic E-state index is 0. The molecular formula is C20H35IN4O2. The fourth-order valence-electron chi connectivity index (χ4n) is 3.62. The minimum atomic E-state index is -0.156. The number of aliphatic imine (C=N–C) groups is 1. The minimum Gasteiger partial charge on any atom is -0.459 e. The maximum atomic E-state index is 11.9. The Bertz CT molecular complexity index is 588. The molecule has 1 fully saturated rings. The number of nitrogens with zero attached hydrogens (tertiary/aromatic N) is 1. The van der Waals surface area contributed by atoms with E-state index in [2.05, 4.69) is 27.9 Å². The van der Waals surface area contributed by atoms with Gasteiger partial charge < -0.3 is 20.4 Å². The molecule has 0 bridgehead atoms. The molecule has 0 radical (unpaired) electrons. The van der Waals surface area contributed by atoms with Gasteiger partial charge in [0.1, 0.15) is 0 Å². The van der Waals surface area contributed by atoms with Gasteiger partial charge >= 0.3 is 0 Å². The van der Waals surface area contributed by atoms with Crippen LogP contribution in [0, 0.1) is 18.8 Å².